The van der Waals surface area contributed by atoms with E-state index >= 15 is 0 Å². The summed E-state index contributed by atoms with van der Waals surface area (Å²) in [4.78, 5) is 25.9. The van der Waals surface area contributed by atoms with E-state index in [1.807, 2.05) is 18.2 Å². The van der Waals surface area contributed by atoms with Gasteiger partial charge in [0.25, 0.3) is 5.56 Å². The standard InChI is InChI=1S/C21H22N2O4S/c1-12-11-23(21(26)22-20(12)25)19-9-16(24)17(27-19)10-18(28)15-7-6-13-4-2-3-5-14(13)8-15/h2-8,11,16-19,24,28H,9-10H2,1H3,(H,22,25,26)/t16?,17-,18?,19-/m1/s1. The van der Waals surface area contributed by atoms with Gasteiger partial charge in [0.15, 0.2) is 0 Å². The summed E-state index contributed by atoms with van der Waals surface area (Å²) in [5.74, 6) is 0. The Balaban J connectivity index is 1.51. The average molecular weight is 398 g/mol. The van der Waals surface area contributed by atoms with Crippen LogP contribution in [0.15, 0.2) is 58.3 Å². The van der Waals surface area contributed by atoms with Crippen LogP contribution in [0, 0.1) is 6.92 Å². The number of H-pyrrole nitrogens is 1. The summed E-state index contributed by atoms with van der Waals surface area (Å²) in [5.41, 5.74) is 0.524. The Bertz CT molecular complexity index is 1120. The van der Waals surface area contributed by atoms with Gasteiger partial charge in [0.05, 0.1) is 12.2 Å². The maximum Gasteiger partial charge on any atom is 0.330 e. The summed E-state index contributed by atoms with van der Waals surface area (Å²) in [6.07, 6.45) is 0.505. The quantitative estimate of drug-likeness (QED) is 0.590. The molecule has 1 aliphatic rings. The van der Waals surface area contributed by atoms with Crippen molar-refractivity contribution in [1.82, 2.24) is 9.55 Å². The second kappa shape index (κ2) is 7.58. The highest BCUT2D eigenvalue weighted by Gasteiger charge is 2.36. The molecule has 0 amide bonds. The van der Waals surface area contributed by atoms with Gasteiger partial charge in [-0.1, -0.05) is 42.5 Å². The van der Waals surface area contributed by atoms with Gasteiger partial charge in [0.2, 0.25) is 0 Å². The smallest absolute Gasteiger partial charge is 0.330 e. The Morgan fingerprint density at radius 2 is 2.00 bits per heavy atom. The van der Waals surface area contributed by atoms with Gasteiger partial charge in [0, 0.05) is 23.4 Å². The summed E-state index contributed by atoms with van der Waals surface area (Å²) in [7, 11) is 0. The molecule has 1 fully saturated rings. The summed E-state index contributed by atoms with van der Waals surface area (Å²) in [6, 6.07) is 14.3. The first-order valence-electron chi connectivity index (χ1n) is 9.25. The normalized spacial score (nSPS) is 23.2. The number of hydrogen-bond acceptors (Lipinski definition) is 5. The van der Waals surface area contributed by atoms with Gasteiger partial charge < -0.3 is 9.84 Å². The largest absolute Gasteiger partial charge is 0.390 e. The van der Waals surface area contributed by atoms with Crippen LogP contribution in [0.1, 0.15) is 35.4 Å². The lowest BCUT2D eigenvalue weighted by molar-refractivity contribution is -0.0243. The van der Waals surface area contributed by atoms with E-state index in [0.717, 1.165) is 16.3 Å². The average Bonchev–Trinajstić information content (AvgIpc) is 3.04. The van der Waals surface area contributed by atoms with Gasteiger partial charge >= 0.3 is 5.69 Å². The fourth-order valence-electron chi connectivity index (χ4n) is 3.67. The van der Waals surface area contributed by atoms with Gasteiger partial charge in [-0.3, -0.25) is 14.3 Å². The maximum absolute atomic E-state index is 12.1. The van der Waals surface area contributed by atoms with Crippen molar-refractivity contribution in [2.75, 3.05) is 0 Å². The molecule has 6 nitrogen and oxygen atoms in total. The van der Waals surface area contributed by atoms with E-state index in [0.29, 0.717) is 12.0 Å². The molecule has 1 saturated heterocycles. The molecule has 0 saturated carbocycles. The van der Waals surface area contributed by atoms with Crippen LogP contribution >= 0.6 is 12.6 Å². The summed E-state index contributed by atoms with van der Waals surface area (Å²) in [6.45, 7) is 1.63. The first kappa shape index (κ1) is 19.0. The number of aromatic amines is 1. The second-order valence-corrected chi connectivity index (χ2v) is 7.89. The number of thiol groups is 1. The zero-order valence-corrected chi connectivity index (χ0v) is 16.3. The second-order valence-electron chi connectivity index (χ2n) is 7.27. The number of aryl methyl sites for hydroxylation is 1. The number of ether oxygens (including phenoxy) is 1. The van der Waals surface area contributed by atoms with Crippen LogP contribution in [0.4, 0.5) is 0 Å². The minimum atomic E-state index is -0.709. The fraction of sp³-hybridized carbons (Fsp3) is 0.333. The van der Waals surface area contributed by atoms with Gasteiger partial charge in [-0.2, -0.15) is 12.6 Å². The molecule has 2 aromatic carbocycles. The molecule has 0 radical (unpaired) electrons. The Hall–Kier alpha value is -2.35. The lowest BCUT2D eigenvalue weighted by Crippen LogP contribution is -2.33. The van der Waals surface area contributed by atoms with Crippen molar-refractivity contribution in [3.05, 3.63) is 80.6 Å². The highest BCUT2D eigenvalue weighted by atomic mass is 32.1. The number of aromatic nitrogens is 2. The predicted octanol–water partition coefficient (Wildman–Crippen LogP) is 2.71. The van der Waals surface area contributed by atoms with Crippen molar-refractivity contribution in [1.29, 1.82) is 0 Å². The third kappa shape index (κ3) is 3.65. The Kier molecular flexibility index (Phi) is 5.14. The molecule has 0 spiro atoms. The van der Waals surface area contributed by atoms with Crippen molar-refractivity contribution in [3.63, 3.8) is 0 Å². The van der Waals surface area contributed by atoms with Crippen molar-refractivity contribution < 1.29 is 9.84 Å². The SMILES string of the molecule is Cc1cn([C@H]2CC(O)[C@@H](CC(S)c3ccc4ccccc4c3)O2)c(=O)[nH]c1=O. The number of aliphatic hydroxyl groups excluding tert-OH is 1. The molecule has 4 rings (SSSR count). The molecule has 146 valence electrons. The van der Waals surface area contributed by atoms with Crippen LogP contribution in [-0.2, 0) is 4.74 Å². The van der Waals surface area contributed by atoms with Crippen LogP contribution in [0.2, 0.25) is 0 Å². The third-order valence-electron chi connectivity index (χ3n) is 5.27. The molecule has 3 aromatic rings. The Morgan fingerprint density at radius 3 is 2.79 bits per heavy atom. The van der Waals surface area contributed by atoms with Gasteiger partial charge in [0.1, 0.15) is 6.23 Å². The molecule has 2 unspecified atom stereocenters. The van der Waals surface area contributed by atoms with Crippen molar-refractivity contribution in [2.24, 2.45) is 0 Å². The van der Waals surface area contributed by atoms with Crippen molar-refractivity contribution in [3.8, 4) is 0 Å². The zero-order chi connectivity index (χ0) is 19.8. The maximum atomic E-state index is 12.1. The van der Waals surface area contributed by atoms with Gasteiger partial charge in [-0.15, -0.1) is 0 Å². The molecule has 28 heavy (non-hydrogen) atoms. The summed E-state index contributed by atoms with van der Waals surface area (Å²) in [5, 5.41) is 12.6. The molecular formula is C21H22N2O4S. The van der Waals surface area contributed by atoms with Crippen molar-refractivity contribution in [2.45, 2.75) is 43.5 Å². The minimum absolute atomic E-state index is 0.114. The first-order chi connectivity index (χ1) is 13.4. The molecule has 0 aliphatic carbocycles. The first-order valence-corrected chi connectivity index (χ1v) is 9.76. The van der Waals surface area contributed by atoms with Crippen LogP contribution in [-0.4, -0.2) is 26.9 Å². The number of rotatable bonds is 4. The summed E-state index contributed by atoms with van der Waals surface area (Å²) < 4.78 is 7.29. The van der Waals surface area contributed by atoms with Crippen LogP contribution in [0.25, 0.3) is 10.8 Å². The molecule has 1 aliphatic heterocycles. The topological polar surface area (TPSA) is 84.3 Å². The summed E-state index contributed by atoms with van der Waals surface area (Å²) >= 11 is 4.72. The highest BCUT2D eigenvalue weighted by molar-refractivity contribution is 7.80. The van der Waals surface area contributed by atoms with E-state index in [1.165, 1.54) is 10.8 Å². The highest BCUT2D eigenvalue weighted by Crippen LogP contribution is 2.36. The molecular weight excluding hydrogens is 376 g/mol. The Morgan fingerprint density at radius 1 is 1.25 bits per heavy atom. The number of nitrogens with one attached hydrogen (secondary N) is 1. The van der Waals surface area contributed by atoms with Crippen LogP contribution in [0.3, 0.4) is 0 Å². The van der Waals surface area contributed by atoms with E-state index in [-0.39, 0.29) is 11.7 Å². The number of aliphatic hydroxyl groups is 1. The van der Waals surface area contributed by atoms with E-state index in [1.54, 1.807) is 6.92 Å². The van der Waals surface area contributed by atoms with Gasteiger partial charge in [-0.05, 0) is 29.7 Å². The minimum Gasteiger partial charge on any atom is -0.390 e. The number of nitrogens with zero attached hydrogens (tertiary/aromatic N) is 1. The lowest BCUT2D eigenvalue weighted by atomic mass is 10.00. The van der Waals surface area contributed by atoms with E-state index < -0.39 is 29.7 Å². The fourth-order valence-corrected chi connectivity index (χ4v) is 4.04. The number of benzene rings is 2. The molecule has 7 heteroatoms. The monoisotopic (exact) mass is 398 g/mol. The zero-order valence-electron chi connectivity index (χ0n) is 15.4. The van der Waals surface area contributed by atoms with Crippen molar-refractivity contribution >= 4 is 23.4 Å². The molecule has 2 N–H and O–H groups in total. The predicted molar refractivity (Wildman–Crippen MR) is 111 cm³/mol. The number of hydrogen-bond donors (Lipinski definition) is 3. The Labute approximate surface area is 167 Å². The molecule has 2 heterocycles. The molecule has 1 aromatic heterocycles. The lowest BCUT2D eigenvalue weighted by Gasteiger charge is -2.20. The van der Waals surface area contributed by atoms with E-state index in [4.69, 9.17) is 17.4 Å². The molecule has 0 bridgehead atoms. The van der Waals surface area contributed by atoms with Gasteiger partial charge in [-0.25, -0.2) is 4.79 Å². The third-order valence-corrected chi connectivity index (χ3v) is 5.78. The van der Waals surface area contributed by atoms with Crippen LogP contribution < -0.4 is 11.2 Å². The number of fused-ring (bicyclic) bond motifs is 1. The molecule has 4 atom stereocenters. The van der Waals surface area contributed by atoms with Crippen LogP contribution in [0.5, 0.6) is 0 Å². The van der Waals surface area contributed by atoms with E-state index in [2.05, 4.69) is 29.2 Å². The van der Waals surface area contributed by atoms with E-state index in [9.17, 15) is 14.7 Å².